The standard InChI is InChI=1S/C17H24N2O2/c1-10(2)16(13(5)20)17-18-15(19-21-17)9-14-7-6-11(3)12(4)8-14/h6-8,10,13,16,20H,9H2,1-5H3. The summed E-state index contributed by atoms with van der Waals surface area (Å²) in [4.78, 5) is 4.46. The van der Waals surface area contributed by atoms with Crippen LogP contribution in [0.15, 0.2) is 22.7 Å². The largest absolute Gasteiger partial charge is 0.393 e. The summed E-state index contributed by atoms with van der Waals surface area (Å²) in [6.45, 7) is 10.1. The van der Waals surface area contributed by atoms with Crippen LogP contribution in [0, 0.1) is 19.8 Å². The van der Waals surface area contributed by atoms with Gasteiger partial charge in [0, 0.05) is 6.42 Å². The highest BCUT2D eigenvalue weighted by molar-refractivity contribution is 5.31. The molecule has 2 atom stereocenters. The van der Waals surface area contributed by atoms with Crippen LogP contribution in [0.4, 0.5) is 0 Å². The number of nitrogens with zero attached hydrogens (tertiary/aromatic N) is 2. The second kappa shape index (κ2) is 6.39. The highest BCUT2D eigenvalue weighted by atomic mass is 16.5. The smallest absolute Gasteiger partial charge is 0.232 e. The van der Waals surface area contributed by atoms with Crippen LogP contribution in [0.2, 0.25) is 0 Å². The summed E-state index contributed by atoms with van der Waals surface area (Å²) in [5.41, 5.74) is 3.71. The molecule has 1 aromatic heterocycles. The Morgan fingerprint density at radius 2 is 1.86 bits per heavy atom. The quantitative estimate of drug-likeness (QED) is 0.916. The number of hydrogen-bond donors (Lipinski definition) is 1. The first kappa shape index (κ1) is 15.7. The van der Waals surface area contributed by atoms with E-state index >= 15 is 0 Å². The van der Waals surface area contributed by atoms with E-state index in [0.717, 1.165) is 0 Å². The van der Waals surface area contributed by atoms with Crippen LogP contribution in [0.5, 0.6) is 0 Å². The Kier molecular flexibility index (Phi) is 4.78. The molecule has 1 N–H and O–H groups in total. The van der Waals surface area contributed by atoms with Gasteiger partial charge in [0.05, 0.1) is 12.0 Å². The summed E-state index contributed by atoms with van der Waals surface area (Å²) in [5, 5.41) is 13.9. The average molecular weight is 288 g/mol. The van der Waals surface area contributed by atoms with E-state index in [1.807, 2.05) is 13.8 Å². The van der Waals surface area contributed by atoms with Gasteiger partial charge in [0.1, 0.15) is 0 Å². The Bertz CT molecular complexity index is 595. The van der Waals surface area contributed by atoms with Gasteiger partial charge in [-0.2, -0.15) is 4.98 Å². The molecule has 4 heteroatoms. The third kappa shape index (κ3) is 3.70. The van der Waals surface area contributed by atoms with Crippen molar-refractivity contribution < 1.29 is 9.63 Å². The molecule has 2 unspecified atom stereocenters. The van der Waals surface area contributed by atoms with Crippen molar-refractivity contribution in [1.82, 2.24) is 10.1 Å². The molecule has 0 aliphatic carbocycles. The molecule has 0 saturated heterocycles. The van der Waals surface area contributed by atoms with Crippen molar-refractivity contribution in [3.63, 3.8) is 0 Å². The molecule has 2 aromatic rings. The Balaban J connectivity index is 2.17. The highest BCUT2D eigenvalue weighted by Gasteiger charge is 2.27. The van der Waals surface area contributed by atoms with Crippen molar-refractivity contribution >= 4 is 0 Å². The normalized spacial score (nSPS) is 14.4. The summed E-state index contributed by atoms with van der Waals surface area (Å²) >= 11 is 0. The highest BCUT2D eigenvalue weighted by Crippen LogP contribution is 2.27. The van der Waals surface area contributed by atoms with Gasteiger partial charge in [-0.1, -0.05) is 37.2 Å². The SMILES string of the molecule is Cc1ccc(Cc2noc(C(C(C)C)C(C)O)n2)cc1C. The van der Waals surface area contributed by atoms with Crippen LogP contribution < -0.4 is 0 Å². The fourth-order valence-electron chi connectivity index (χ4n) is 2.62. The molecule has 0 aliphatic rings. The maximum absolute atomic E-state index is 9.87. The monoisotopic (exact) mass is 288 g/mol. The molecule has 1 heterocycles. The minimum atomic E-state index is -0.500. The minimum Gasteiger partial charge on any atom is -0.393 e. The number of aryl methyl sites for hydroxylation is 2. The van der Waals surface area contributed by atoms with Gasteiger partial charge in [-0.3, -0.25) is 0 Å². The molecule has 0 bridgehead atoms. The molecule has 1 aromatic carbocycles. The molecule has 0 aliphatic heterocycles. The van der Waals surface area contributed by atoms with Crippen molar-refractivity contribution in [1.29, 1.82) is 0 Å². The first-order valence-corrected chi connectivity index (χ1v) is 7.45. The van der Waals surface area contributed by atoms with Crippen molar-refractivity contribution in [3.05, 3.63) is 46.6 Å². The zero-order valence-electron chi connectivity index (χ0n) is 13.4. The molecule has 0 saturated carbocycles. The average Bonchev–Trinajstić information content (AvgIpc) is 2.81. The van der Waals surface area contributed by atoms with Crippen molar-refractivity contribution in [2.45, 2.75) is 53.1 Å². The summed E-state index contributed by atoms with van der Waals surface area (Å²) in [7, 11) is 0. The molecule has 114 valence electrons. The van der Waals surface area contributed by atoms with Crippen LogP contribution in [-0.2, 0) is 6.42 Å². The van der Waals surface area contributed by atoms with E-state index in [4.69, 9.17) is 4.52 Å². The van der Waals surface area contributed by atoms with E-state index in [0.29, 0.717) is 18.1 Å². The van der Waals surface area contributed by atoms with Gasteiger partial charge in [0.25, 0.3) is 0 Å². The molecule has 0 amide bonds. The first-order valence-electron chi connectivity index (χ1n) is 7.45. The fraction of sp³-hybridized carbons (Fsp3) is 0.529. The number of benzene rings is 1. The van der Waals surface area contributed by atoms with Crippen molar-refractivity contribution in [3.8, 4) is 0 Å². The minimum absolute atomic E-state index is 0.119. The van der Waals surface area contributed by atoms with Gasteiger partial charge in [0.15, 0.2) is 5.82 Å². The predicted octanol–water partition coefficient (Wildman–Crippen LogP) is 3.40. The number of rotatable bonds is 5. The third-order valence-electron chi connectivity index (χ3n) is 3.94. The third-order valence-corrected chi connectivity index (χ3v) is 3.94. The Labute approximate surface area is 126 Å². The summed E-state index contributed by atoms with van der Waals surface area (Å²) in [5.74, 6) is 1.32. The van der Waals surface area contributed by atoms with E-state index in [1.165, 1.54) is 16.7 Å². The number of aliphatic hydroxyl groups excluding tert-OH is 1. The Hall–Kier alpha value is -1.68. The molecule has 0 radical (unpaired) electrons. The lowest BCUT2D eigenvalue weighted by Crippen LogP contribution is -2.20. The molecule has 4 nitrogen and oxygen atoms in total. The van der Waals surface area contributed by atoms with E-state index in [-0.39, 0.29) is 11.8 Å². The summed E-state index contributed by atoms with van der Waals surface area (Å²) in [6, 6.07) is 6.35. The van der Waals surface area contributed by atoms with Gasteiger partial charge in [0.2, 0.25) is 5.89 Å². The summed E-state index contributed by atoms with van der Waals surface area (Å²) in [6.07, 6.45) is 0.148. The lowest BCUT2D eigenvalue weighted by atomic mass is 9.91. The molecule has 21 heavy (non-hydrogen) atoms. The van der Waals surface area contributed by atoms with Crippen LogP contribution in [0.3, 0.4) is 0 Å². The molecule has 0 spiro atoms. The maximum Gasteiger partial charge on any atom is 0.232 e. The van der Waals surface area contributed by atoms with E-state index in [9.17, 15) is 5.11 Å². The predicted molar refractivity (Wildman–Crippen MR) is 82.3 cm³/mol. The zero-order chi connectivity index (χ0) is 15.6. The lowest BCUT2D eigenvalue weighted by molar-refractivity contribution is 0.120. The van der Waals surface area contributed by atoms with Gasteiger partial charge in [-0.25, -0.2) is 0 Å². The van der Waals surface area contributed by atoms with Gasteiger partial charge in [-0.15, -0.1) is 0 Å². The Morgan fingerprint density at radius 3 is 2.43 bits per heavy atom. The van der Waals surface area contributed by atoms with E-state index in [1.54, 1.807) is 6.92 Å². The van der Waals surface area contributed by atoms with Gasteiger partial charge >= 0.3 is 0 Å². The van der Waals surface area contributed by atoms with Gasteiger partial charge < -0.3 is 9.63 Å². The lowest BCUT2D eigenvalue weighted by Gasteiger charge is -2.19. The number of aromatic nitrogens is 2. The first-order chi connectivity index (χ1) is 9.88. The fourth-order valence-corrected chi connectivity index (χ4v) is 2.62. The molecule has 0 fully saturated rings. The molecule has 2 rings (SSSR count). The van der Waals surface area contributed by atoms with Crippen molar-refractivity contribution in [2.24, 2.45) is 5.92 Å². The van der Waals surface area contributed by atoms with E-state index in [2.05, 4.69) is 42.2 Å². The number of hydrogen-bond acceptors (Lipinski definition) is 4. The summed E-state index contributed by atoms with van der Waals surface area (Å²) < 4.78 is 5.35. The van der Waals surface area contributed by atoms with Crippen molar-refractivity contribution in [2.75, 3.05) is 0 Å². The van der Waals surface area contributed by atoms with Crippen LogP contribution in [0.1, 0.15) is 55.1 Å². The Morgan fingerprint density at radius 1 is 1.14 bits per heavy atom. The van der Waals surface area contributed by atoms with Crippen LogP contribution in [0.25, 0.3) is 0 Å². The zero-order valence-corrected chi connectivity index (χ0v) is 13.4. The molecular formula is C17H24N2O2. The van der Waals surface area contributed by atoms with Crippen LogP contribution >= 0.6 is 0 Å². The van der Waals surface area contributed by atoms with E-state index < -0.39 is 6.10 Å². The number of aliphatic hydroxyl groups is 1. The molecular weight excluding hydrogens is 264 g/mol. The topological polar surface area (TPSA) is 59.2 Å². The maximum atomic E-state index is 9.87. The van der Waals surface area contributed by atoms with Crippen LogP contribution in [-0.4, -0.2) is 21.4 Å². The second-order valence-electron chi connectivity index (χ2n) is 6.15. The van der Waals surface area contributed by atoms with Gasteiger partial charge in [-0.05, 0) is 43.4 Å². The second-order valence-corrected chi connectivity index (χ2v) is 6.15.